The first-order chi connectivity index (χ1) is 6.65. The van der Waals surface area contributed by atoms with Gasteiger partial charge in [0.1, 0.15) is 5.51 Å². The van der Waals surface area contributed by atoms with Gasteiger partial charge in [-0.3, -0.25) is 0 Å². The fraction of sp³-hybridized carbons (Fsp3) is 0.750. The van der Waals surface area contributed by atoms with Crippen LogP contribution in [-0.2, 0) is 0 Å². The van der Waals surface area contributed by atoms with Crippen LogP contribution in [0.5, 0.6) is 0 Å². The zero-order chi connectivity index (χ0) is 10.6. The molecule has 4 nitrogen and oxygen atoms in total. The molecule has 0 aliphatic carbocycles. The lowest BCUT2D eigenvalue weighted by Crippen LogP contribution is -2.39. The smallest absolute Gasteiger partial charge is 0.174 e. The first-order valence-corrected chi connectivity index (χ1v) is 6.20. The van der Waals surface area contributed by atoms with Gasteiger partial charge in [-0.15, -0.1) is 10.2 Å². The van der Waals surface area contributed by atoms with Crippen LogP contribution in [0.3, 0.4) is 0 Å². The van der Waals surface area contributed by atoms with Crippen LogP contribution in [0.25, 0.3) is 0 Å². The summed E-state index contributed by atoms with van der Waals surface area (Å²) < 4.78 is 0.861. The lowest BCUT2D eigenvalue weighted by molar-refractivity contribution is 0.269. The summed E-state index contributed by atoms with van der Waals surface area (Å²) in [5.74, 6) is 0.354. The van der Waals surface area contributed by atoms with E-state index < -0.39 is 0 Å². The Morgan fingerprint density at radius 3 is 2.79 bits per heavy atom. The van der Waals surface area contributed by atoms with Crippen molar-refractivity contribution in [1.82, 2.24) is 10.2 Å². The molecule has 0 spiro atoms. The van der Waals surface area contributed by atoms with Crippen molar-refractivity contribution in [3.8, 4) is 0 Å². The molecule has 0 aromatic carbocycles. The summed E-state index contributed by atoms with van der Waals surface area (Å²) in [5.41, 5.74) is 7.64. The van der Waals surface area contributed by atoms with Crippen molar-refractivity contribution in [1.29, 1.82) is 0 Å². The third-order valence-corrected chi connectivity index (χ3v) is 4.08. The first kappa shape index (κ1) is 11.9. The standard InChI is InChI=1S/C8H15N3OS2/c1-5(2)7(9)6(3-12)14-8-11-10-4-13-8/h4-7,12H,3,9H2,1-2H3. The van der Waals surface area contributed by atoms with Crippen molar-refractivity contribution >= 4 is 23.1 Å². The Labute approximate surface area is 91.9 Å². The first-order valence-electron chi connectivity index (χ1n) is 4.44. The van der Waals surface area contributed by atoms with Gasteiger partial charge in [-0.1, -0.05) is 36.9 Å². The molecule has 0 aliphatic rings. The van der Waals surface area contributed by atoms with Crippen molar-refractivity contribution < 1.29 is 5.11 Å². The molecule has 80 valence electrons. The van der Waals surface area contributed by atoms with E-state index in [1.54, 1.807) is 5.51 Å². The van der Waals surface area contributed by atoms with E-state index in [9.17, 15) is 5.11 Å². The Bertz CT molecular complexity index is 253. The maximum atomic E-state index is 9.20. The van der Waals surface area contributed by atoms with E-state index in [2.05, 4.69) is 10.2 Å². The van der Waals surface area contributed by atoms with Gasteiger partial charge in [0.05, 0.1) is 11.9 Å². The lowest BCUT2D eigenvalue weighted by atomic mass is 10.0. The summed E-state index contributed by atoms with van der Waals surface area (Å²) in [6.07, 6.45) is 0. The van der Waals surface area contributed by atoms with Crippen LogP contribution in [0.4, 0.5) is 0 Å². The van der Waals surface area contributed by atoms with Crippen LogP contribution < -0.4 is 5.73 Å². The van der Waals surface area contributed by atoms with Crippen molar-refractivity contribution in [3.05, 3.63) is 5.51 Å². The topological polar surface area (TPSA) is 72.0 Å². The van der Waals surface area contributed by atoms with Gasteiger partial charge in [-0.05, 0) is 5.92 Å². The summed E-state index contributed by atoms with van der Waals surface area (Å²) in [4.78, 5) is 0. The molecule has 0 amide bonds. The molecule has 1 heterocycles. The SMILES string of the molecule is CC(C)C(N)C(CO)Sc1nncs1. The molecular weight excluding hydrogens is 218 g/mol. The highest BCUT2D eigenvalue weighted by Gasteiger charge is 2.22. The zero-order valence-corrected chi connectivity index (χ0v) is 9.88. The van der Waals surface area contributed by atoms with Crippen molar-refractivity contribution in [2.24, 2.45) is 11.7 Å². The minimum absolute atomic E-state index is 0.00273. The summed E-state index contributed by atoms with van der Waals surface area (Å²) in [7, 11) is 0. The van der Waals surface area contributed by atoms with Gasteiger partial charge < -0.3 is 10.8 Å². The molecular formula is C8H15N3OS2. The molecule has 1 aromatic heterocycles. The highest BCUT2D eigenvalue weighted by atomic mass is 32.2. The van der Waals surface area contributed by atoms with E-state index in [0.29, 0.717) is 5.92 Å². The minimum Gasteiger partial charge on any atom is -0.395 e. The Morgan fingerprint density at radius 2 is 2.36 bits per heavy atom. The molecule has 0 saturated carbocycles. The summed E-state index contributed by atoms with van der Waals surface area (Å²) in [6, 6.07) is -0.0195. The van der Waals surface area contributed by atoms with E-state index >= 15 is 0 Å². The Balaban J connectivity index is 2.55. The number of aromatic nitrogens is 2. The zero-order valence-electron chi connectivity index (χ0n) is 8.25. The van der Waals surface area contributed by atoms with Gasteiger partial charge in [0.15, 0.2) is 4.34 Å². The molecule has 6 heteroatoms. The van der Waals surface area contributed by atoms with Crippen LogP contribution in [0.1, 0.15) is 13.8 Å². The van der Waals surface area contributed by atoms with Gasteiger partial charge in [0.25, 0.3) is 0 Å². The average molecular weight is 233 g/mol. The second-order valence-electron chi connectivity index (χ2n) is 3.36. The monoisotopic (exact) mass is 233 g/mol. The van der Waals surface area contributed by atoms with Crippen molar-refractivity contribution in [2.75, 3.05) is 6.61 Å². The predicted octanol–water partition coefficient (Wildman–Crippen LogP) is 0.974. The number of aliphatic hydroxyl groups is 1. The third kappa shape index (κ3) is 3.20. The van der Waals surface area contributed by atoms with Gasteiger partial charge in [-0.25, -0.2) is 0 Å². The largest absolute Gasteiger partial charge is 0.395 e. The molecule has 0 aliphatic heterocycles. The number of hydrogen-bond acceptors (Lipinski definition) is 6. The van der Waals surface area contributed by atoms with E-state index in [0.717, 1.165) is 4.34 Å². The number of nitrogens with two attached hydrogens (primary N) is 1. The third-order valence-electron chi connectivity index (χ3n) is 1.97. The van der Waals surface area contributed by atoms with Gasteiger partial charge in [0, 0.05) is 6.04 Å². The molecule has 14 heavy (non-hydrogen) atoms. The second kappa shape index (κ2) is 5.65. The molecule has 2 atom stereocenters. The molecule has 1 aromatic rings. The molecule has 0 radical (unpaired) electrons. The molecule has 0 fully saturated rings. The highest BCUT2D eigenvalue weighted by molar-refractivity contribution is 8.01. The molecule has 1 rings (SSSR count). The van der Waals surface area contributed by atoms with Crippen LogP contribution >= 0.6 is 23.1 Å². The highest BCUT2D eigenvalue weighted by Crippen LogP contribution is 2.27. The van der Waals surface area contributed by atoms with Crippen molar-refractivity contribution in [2.45, 2.75) is 29.5 Å². The minimum atomic E-state index is -0.0195. The van der Waals surface area contributed by atoms with Crippen molar-refractivity contribution in [3.63, 3.8) is 0 Å². The number of rotatable bonds is 5. The fourth-order valence-electron chi connectivity index (χ4n) is 1.01. The summed E-state index contributed by atoms with van der Waals surface area (Å²) in [5, 5.41) is 16.9. The fourth-order valence-corrected chi connectivity index (χ4v) is 2.91. The molecule has 0 bridgehead atoms. The number of thioether (sulfide) groups is 1. The maximum absolute atomic E-state index is 9.20. The second-order valence-corrected chi connectivity index (χ2v) is 5.68. The van der Waals surface area contributed by atoms with E-state index in [4.69, 9.17) is 5.73 Å². The Kier molecular flexibility index (Phi) is 4.80. The van der Waals surface area contributed by atoms with Gasteiger partial charge >= 0.3 is 0 Å². The predicted molar refractivity (Wildman–Crippen MR) is 59.5 cm³/mol. The quantitative estimate of drug-likeness (QED) is 0.742. The van der Waals surface area contributed by atoms with Crippen LogP contribution in [-0.4, -0.2) is 33.2 Å². The molecule has 0 saturated heterocycles. The maximum Gasteiger partial charge on any atom is 0.174 e. The Morgan fingerprint density at radius 1 is 1.64 bits per heavy atom. The van der Waals surface area contributed by atoms with Crippen LogP contribution in [0.15, 0.2) is 9.85 Å². The van der Waals surface area contributed by atoms with E-state index in [1.165, 1.54) is 23.1 Å². The summed E-state index contributed by atoms with van der Waals surface area (Å²) >= 11 is 2.97. The van der Waals surface area contributed by atoms with Gasteiger partial charge in [-0.2, -0.15) is 0 Å². The number of aliphatic hydroxyl groups excluding tert-OH is 1. The van der Waals surface area contributed by atoms with E-state index in [-0.39, 0.29) is 17.9 Å². The number of hydrogen-bond donors (Lipinski definition) is 2. The Hall–Kier alpha value is -0.170. The average Bonchev–Trinajstić information content (AvgIpc) is 2.65. The van der Waals surface area contributed by atoms with Crippen LogP contribution in [0.2, 0.25) is 0 Å². The van der Waals surface area contributed by atoms with E-state index in [1.807, 2.05) is 13.8 Å². The number of nitrogens with zero attached hydrogens (tertiary/aromatic N) is 2. The van der Waals surface area contributed by atoms with Crippen LogP contribution in [0, 0.1) is 5.92 Å². The normalized spacial score (nSPS) is 15.8. The molecule has 2 unspecified atom stereocenters. The lowest BCUT2D eigenvalue weighted by Gasteiger charge is -2.23. The molecule has 3 N–H and O–H groups in total. The summed E-state index contributed by atoms with van der Waals surface area (Å²) in [6.45, 7) is 4.17. The van der Waals surface area contributed by atoms with Gasteiger partial charge in [0.2, 0.25) is 0 Å².